The molecule has 86 valence electrons. The first-order valence-corrected chi connectivity index (χ1v) is 6.07. The van der Waals surface area contributed by atoms with Crippen molar-refractivity contribution in [2.24, 2.45) is 7.05 Å². The number of aromatic nitrogens is 3. The van der Waals surface area contributed by atoms with Gasteiger partial charge in [0, 0.05) is 19.3 Å². The minimum atomic E-state index is 0.825. The Balaban J connectivity index is 2.24. The van der Waals surface area contributed by atoms with Crippen LogP contribution in [0.5, 0.6) is 5.75 Å². The molecule has 0 atom stereocenters. The summed E-state index contributed by atoms with van der Waals surface area (Å²) in [5, 5.41) is 0. The molecule has 0 amide bonds. The lowest BCUT2D eigenvalue weighted by Crippen LogP contribution is -1.90. The molecule has 2 heterocycles. The summed E-state index contributed by atoms with van der Waals surface area (Å²) >= 11 is 1.59. The Morgan fingerprint density at radius 2 is 2.24 bits per heavy atom. The summed E-state index contributed by atoms with van der Waals surface area (Å²) in [4.78, 5) is 9.77. The summed E-state index contributed by atoms with van der Waals surface area (Å²) in [5.74, 6) is 1.77. The Bertz CT molecular complexity index is 658. The van der Waals surface area contributed by atoms with Gasteiger partial charge in [-0.3, -0.25) is 4.98 Å². The average molecular weight is 245 g/mol. The van der Waals surface area contributed by atoms with Gasteiger partial charge in [0.2, 0.25) is 0 Å². The van der Waals surface area contributed by atoms with Crippen LogP contribution in [0.1, 0.15) is 0 Å². The lowest BCUT2D eigenvalue weighted by molar-refractivity contribution is 0.415. The zero-order valence-corrected chi connectivity index (χ0v) is 10.4. The van der Waals surface area contributed by atoms with E-state index in [9.17, 15) is 0 Å². The maximum atomic E-state index is 5.20. The third-order valence-corrected chi connectivity index (χ3v) is 3.51. The van der Waals surface area contributed by atoms with Gasteiger partial charge >= 0.3 is 0 Å². The molecule has 0 N–H and O–H groups in total. The van der Waals surface area contributed by atoms with Crippen LogP contribution in [-0.4, -0.2) is 21.6 Å². The predicted octanol–water partition coefficient (Wildman–Crippen LogP) is 2.71. The molecule has 0 saturated heterocycles. The van der Waals surface area contributed by atoms with E-state index in [1.165, 1.54) is 0 Å². The van der Waals surface area contributed by atoms with Crippen LogP contribution < -0.4 is 4.74 Å². The van der Waals surface area contributed by atoms with Gasteiger partial charge in [-0.1, -0.05) is 0 Å². The highest BCUT2D eigenvalue weighted by molar-refractivity contribution is 7.13. The number of fused-ring (bicyclic) bond motifs is 1. The van der Waals surface area contributed by atoms with Crippen LogP contribution in [-0.2, 0) is 7.05 Å². The number of hydrogen-bond acceptors (Lipinski definition) is 4. The largest absolute Gasteiger partial charge is 0.497 e. The third kappa shape index (κ3) is 1.59. The molecule has 4 nitrogen and oxygen atoms in total. The number of imidazole rings is 1. The van der Waals surface area contributed by atoms with Crippen LogP contribution in [0.2, 0.25) is 0 Å². The lowest BCUT2D eigenvalue weighted by Gasteiger charge is -2.00. The Hall–Kier alpha value is -1.88. The van der Waals surface area contributed by atoms with Gasteiger partial charge in [0.05, 0.1) is 28.5 Å². The molecule has 0 aliphatic carbocycles. The Morgan fingerprint density at radius 3 is 2.94 bits per heavy atom. The molecular weight excluding hydrogens is 234 g/mol. The normalized spacial score (nSPS) is 10.9. The first-order valence-electron chi connectivity index (χ1n) is 5.19. The topological polar surface area (TPSA) is 39.9 Å². The molecule has 0 spiro atoms. The van der Waals surface area contributed by atoms with Gasteiger partial charge in [0.15, 0.2) is 5.82 Å². The standard InChI is InChI=1S/C12H11N3OS/c1-15-10-4-3-8(16-2)5-9(10)14-12(15)11-6-13-7-17-11/h3-7H,1-2H3. The number of ether oxygens (including phenoxy) is 1. The second-order valence-corrected chi connectivity index (χ2v) is 4.60. The molecule has 0 bridgehead atoms. The molecule has 2 aromatic heterocycles. The van der Waals surface area contributed by atoms with E-state index in [-0.39, 0.29) is 0 Å². The van der Waals surface area contributed by atoms with Crippen LogP contribution in [0.4, 0.5) is 0 Å². The maximum Gasteiger partial charge on any atom is 0.152 e. The summed E-state index contributed by atoms with van der Waals surface area (Å²) in [7, 11) is 3.67. The summed E-state index contributed by atoms with van der Waals surface area (Å²) in [6, 6.07) is 5.91. The van der Waals surface area contributed by atoms with E-state index in [0.29, 0.717) is 0 Å². The summed E-state index contributed by atoms with van der Waals surface area (Å²) < 4.78 is 7.27. The fourth-order valence-electron chi connectivity index (χ4n) is 1.85. The Morgan fingerprint density at radius 1 is 1.35 bits per heavy atom. The van der Waals surface area contributed by atoms with Crippen LogP contribution in [0.15, 0.2) is 29.9 Å². The van der Waals surface area contributed by atoms with Gasteiger partial charge < -0.3 is 9.30 Å². The minimum absolute atomic E-state index is 0.825. The Labute approximate surface area is 103 Å². The van der Waals surface area contributed by atoms with Crippen molar-refractivity contribution in [3.8, 4) is 16.5 Å². The van der Waals surface area contributed by atoms with E-state index in [0.717, 1.165) is 27.5 Å². The van der Waals surface area contributed by atoms with E-state index in [1.807, 2.05) is 37.0 Å². The van der Waals surface area contributed by atoms with Gasteiger partial charge in [-0.2, -0.15) is 0 Å². The molecule has 5 heteroatoms. The van der Waals surface area contributed by atoms with E-state index in [4.69, 9.17) is 4.74 Å². The van der Waals surface area contributed by atoms with Crippen molar-refractivity contribution < 1.29 is 4.74 Å². The number of methoxy groups -OCH3 is 1. The van der Waals surface area contributed by atoms with Crippen LogP contribution in [0, 0.1) is 0 Å². The zero-order chi connectivity index (χ0) is 11.8. The predicted molar refractivity (Wildman–Crippen MR) is 68.4 cm³/mol. The highest BCUT2D eigenvalue weighted by Gasteiger charge is 2.11. The molecule has 0 fully saturated rings. The van der Waals surface area contributed by atoms with Crippen molar-refractivity contribution in [2.75, 3.05) is 7.11 Å². The van der Waals surface area contributed by atoms with E-state index < -0.39 is 0 Å². The first-order chi connectivity index (χ1) is 8.29. The van der Waals surface area contributed by atoms with Crippen molar-refractivity contribution in [1.29, 1.82) is 0 Å². The fraction of sp³-hybridized carbons (Fsp3) is 0.167. The number of nitrogens with zero attached hydrogens (tertiary/aromatic N) is 3. The molecule has 1 aromatic carbocycles. The second-order valence-electron chi connectivity index (χ2n) is 3.71. The average Bonchev–Trinajstić information content (AvgIpc) is 2.97. The highest BCUT2D eigenvalue weighted by atomic mass is 32.1. The number of rotatable bonds is 2. The number of hydrogen-bond donors (Lipinski definition) is 0. The lowest BCUT2D eigenvalue weighted by atomic mass is 10.3. The van der Waals surface area contributed by atoms with Crippen LogP contribution in [0.25, 0.3) is 21.7 Å². The zero-order valence-electron chi connectivity index (χ0n) is 9.54. The van der Waals surface area contributed by atoms with Crippen molar-refractivity contribution in [3.63, 3.8) is 0 Å². The van der Waals surface area contributed by atoms with Crippen molar-refractivity contribution >= 4 is 22.4 Å². The molecule has 0 radical (unpaired) electrons. The number of benzene rings is 1. The Kier molecular flexibility index (Phi) is 2.33. The fourth-order valence-corrected chi connectivity index (χ4v) is 2.50. The van der Waals surface area contributed by atoms with E-state index in [1.54, 1.807) is 18.4 Å². The molecule has 0 aliphatic heterocycles. The monoisotopic (exact) mass is 245 g/mol. The van der Waals surface area contributed by atoms with Gasteiger partial charge in [-0.25, -0.2) is 4.98 Å². The quantitative estimate of drug-likeness (QED) is 0.697. The molecule has 3 rings (SSSR count). The third-order valence-electron chi connectivity index (χ3n) is 2.74. The summed E-state index contributed by atoms with van der Waals surface area (Å²) in [6.45, 7) is 0. The number of aryl methyl sites for hydroxylation is 1. The van der Waals surface area contributed by atoms with E-state index in [2.05, 4.69) is 14.5 Å². The smallest absolute Gasteiger partial charge is 0.152 e. The van der Waals surface area contributed by atoms with Gasteiger partial charge in [-0.15, -0.1) is 11.3 Å². The molecule has 17 heavy (non-hydrogen) atoms. The van der Waals surface area contributed by atoms with Crippen molar-refractivity contribution in [1.82, 2.24) is 14.5 Å². The molecule has 0 unspecified atom stereocenters. The van der Waals surface area contributed by atoms with Gasteiger partial charge in [0.25, 0.3) is 0 Å². The van der Waals surface area contributed by atoms with E-state index >= 15 is 0 Å². The molecule has 0 aliphatic rings. The maximum absolute atomic E-state index is 5.20. The summed E-state index contributed by atoms with van der Waals surface area (Å²) in [5.41, 5.74) is 3.85. The summed E-state index contributed by atoms with van der Waals surface area (Å²) in [6.07, 6.45) is 1.84. The molecule has 0 saturated carbocycles. The highest BCUT2D eigenvalue weighted by Crippen LogP contribution is 2.27. The van der Waals surface area contributed by atoms with Gasteiger partial charge in [-0.05, 0) is 12.1 Å². The minimum Gasteiger partial charge on any atom is -0.497 e. The number of thiazole rings is 1. The van der Waals surface area contributed by atoms with Crippen molar-refractivity contribution in [3.05, 3.63) is 29.9 Å². The SMILES string of the molecule is COc1ccc2c(c1)nc(-c1cncs1)n2C. The first kappa shape index (κ1) is 10.3. The van der Waals surface area contributed by atoms with Crippen LogP contribution >= 0.6 is 11.3 Å². The molecule has 3 aromatic rings. The molecular formula is C12H11N3OS. The second kappa shape index (κ2) is 3.85. The van der Waals surface area contributed by atoms with Crippen LogP contribution in [0.3, 0.4) is 0 Å². The van der Waals surface area contributed by atoms with Gasteiger partial charge in [0.1, 0.15) is 5.75 Å². The van der Waals surface area contributed by atoms with Crippen molar-refractivity contribution in [2.45, 2.75) is 0 Å².